The largest absolute Gasteiger partial charge is 0.481 e. The molecule has 0 aromatic heterocycles. The zero-order chi connectivity index (χ0) is 98.8. The van der Waals surface area contributed by atoms with Crippen molar-refractivity contribution in [2.75, 3.05) is 0 Å². The number of aliphatic hydroxyl groups is 3. The van der Waals surface area contributed by atoms with Crippen LogP contribution in [0.15, 0.2) is 0 Å². The summed E-state index contributed by atoms with van der Waals surface area (Å²) in [7, 11) is 0. The second kappa shape index (κ2) is 64.3. The number of aliphatic carboxylic acids is 2. The summed E-state index contributed by atoms with van der Waals surface area (Å²) in [4.78, 5) is 96.5. The van der Waals surface area contributed by atoms with Gasteiger partial charge in [0.15, 0.2) is 0 Å². The molecule has 0 heterocycles. The molecule has 0 amide bonds. The van der Waals surface area contributed by atoms with Crippen molar-refractivity contribution in [3.8, 4) is 34.5 Å². The summed E-state index contributed by atoms with van der Waals surface area (Å²) in [6.07, 6.45) is 37.1. The second-order valence-corrected chi connectivity index (χ2v) is 41.6. The second-order valence-electron chi connectivity index (χ2n) is 41.6. The van der Waals surface area contributed by atoms with E-state index in [0.717, 1.165) is 131 Å². The Labute approximate surface area is 789 Å². The van der Waals surface area contributed by atoms with Crippen LogP contribution in [-0.4, -0.2) is 90.1 Å². The van der Waals surface area contributed by atoms with Gasteiger partial charge in [0.1, 0.15) is 34.5 Å². The Bertz CT molecular complexity index is 3850. The summed E-state index contributed by atoms with van der Waals surface area (Å²) in [6, 6.07) is 0. The molecule has 5 N–H and O–H groups in total. The molecule has 3 rings (SSSR count). The van der Waals surface area contributed by atoms with Gasteiger partial charge in [0.25, 0.3) is 0 Å². The fraction of sp³-hybridized carbons (Fsp3) is 0.766. The van der Waals surface area contributed by atoms with Gasteiger partial charge in [0.2, 0.25) is 0 Å². The van der Waals surface area contributed by atoms with Crippen molar-refractivity contribution in [1.29, 1.82) is 0 Å². The van der Waals surface area contributed by atoms with Crippen LogP contribution in [0.4, 0.5) is 0 Å². The minimum atomic E-state index is -0.986. The van der Waals surface area contributed by atoms with Gasteiger partial charge < -0.3 is 54.0 Å². The van der Waals surface area contributed by atoms with E-state index in [1.807, 2.05) is 76.2 Å². The van der Waals surface area contributed by atoms with E-state index in [0.29, 0.717) is 145 Å². The van der Waals surface area contributed by atoms with Crippen molar-refractivity contribution in [1.82, 2.24) is 0 Å². The van der Waals surface area contributed by atoms with Gasteiger partial charge in [-0.05, 0) is 270 Å². The third kappa shape index (κ3) is 50.6. The Morgan fingerprint density at radius 1 is 0.246 bits per heavy atom. The first-order valence-electron chi connectivity index (χ1n) is 51.1. The number of carboxylic acids is 2. The van der Waals surface area contributed by atoms with Crippen LogP contribution in [0.25, 0.3) is 0 Å². The maximum atomic E-state index is 12.7. The molecule has 19 nitrogen and oxygen atoms in total. The number of hydrogen-bond donors (Lipinski definition) is 5. The third-order valence-corrected chi connectivity index (χ3v) is 26.9. The Kier molecular flexibility index (Phi) is 60.0. The fourth-order valence-corrected chi connectivity index (χ4v) is 17.4. The summed E-state index contributed by atoms with van der Waals surface area (Å²) in [6.45, 7) is 57.7. The lowest BCUT2D eigenvalue weighted by atomic mass is 9.86. The number of carbonyl (C=O) groups excluding carboxylic acids is 6. The Hall–Kier alpha value is -6.70. The van der Waals surface area contributed by atoms with Crippen LogP contribution in [0.5, 0.6) is 34.5 Å². The van der Waals surface area contributed by atoms with Gasteiger partial charge in [-0.3, -0.25) is 38.4 Å². The van der Waals surface area contributed by atoms with Crippen molar-refractivity contribution in [3.63, 3.8) is 0 Å². The van der Waals surface area contributed by atoms with E-state index in [-0.39, 0.29) is 75.2 Å². The Morgan fingerprint density at radius 3 is 0.654 bits per heavy atom. The lowest BCUT2D eigenvalue weighted by Crippen LogP contribution is -2.25. The number of ether oxygens (including phenoxy) is 6. The summed E-state index contributed by atoms with van der Waals surface area (Å²) in [5, 5.41) is 51.8. The molecule has 9 atom stereocenters. The van der Waals surface area contributed by atoms with E-state index < -0.39 is 40.7 Å². The van der Waals surface area contributed by atoms with E-state index >= 15 is 0 Å². The highest BCUT2D eigenvalue weighted by Crippen LogP contribution is 2.45. The highest BCUT2D eigenvalue weighted by Gasteiger charge is 2.32. The molecule has 0 saturated heterocycles. The number of hydrogen-bond acceptors (Lipinski definition) is 17. The molecular weight excluding hydrogens is 1640 g/mol. The molecule has 746 valence electrons. The average molecular weight is 1830 g/mol. The molecule has 0 spiro atoms. The molecule has 9 unspecified atom stereocenters. The first kappa shape index (κ1) is 121. The van der Waals surface area contributed by atoms with E-state index in [4.69, 9.17) is 38.6 Å². The Morgan fingerprint density at radius 2 is 0.438 bits per heavy atom. The zero-order valence-electron chi connectivity index (χ0n) is 87.5. The third-order valence-electron chi connectivity index (χ3n) is 26.9. The van der Waals surface area contributed by atoms with Gasteiger partial charge in [-0.2, -0.15) is 0 Å². The normalized spacial score (nSPS) is 14.3. The fourth-order valence-electron chi connectivity index (χ4n) is 17.4. The topological polar surface area (TPSA) is 293 Å². The number of rotatable bonds is 65. The van der Waals surface area contributed by atoms with Crippen molar-refractivity contribution in [2.45, 2.75) is 500 Å². The van der Waals surface area contributed by atoms with Gasteiger partial charge in [-0.25, -0.2) is 0 Å². The average Bonchev–Trinajstić information content (AvgIpc) is 0.787. The van der Waals surface area contributed by atoms with Gasteiger partial charge in [0, 0.05) is 68.1 Å². The number of esters is 6. The monoisotopic (exact) mass is 1830 g/mol. The molecule has 0 radical (unpaired) electrons. The predicted octanol–water partition coefficient (Wildman–Crippen LogP) is 28.6. The van der Waals surface area contributed by atoms with Crippen LogP contribution in [0.1, 0.15) is 468 Å². The van der Waals surface area contributed by atoms with Crippen LogP contribution in [0.2, 0.25) is 0 Å². The lowest BCUT2D eigenvalue weighted by molar-refractivity contribution is -0.139. The van der Waals surface area contributed by atoms with Crippen molar-refractivity contribution < 1.29 is 92.3 Å². The van der Waals surface area contributed by atoms with Gasteiger partial charge in [0.05, 0.1) is 16.8 Å². The Balaban J connectivity index is 0.000000980. The SMILES string of the molecule is CCC(=O)Oc1c(C)c(C)c(OC(=O)CC)c(CCC(C)(O)CCCC(C)CCCC(C)CCCC(C)C)c1C.CCCC(=O)Oc1c(C)c(C)c(OC(=O)CCC)c(CCC(C)(O)CCCC(C)CCCC(C)CCCC(C)C)c1C.Cc1c(C)c(OC(=O)CCCC(=O)O)c(CCC(C)(O)CCCC(C)CCCC(C)CCCC(C)C)c(C)c1OC(=O)CCCC(=O)O. The van der Waals surface area contributed by atoms with Crippen LogP contribution in [0, 0.1) is 116 Å². The standard InChI is InChI=1S/C39H64O9.C37H64O5.C35H60O5/c1-26(2)14-9-15-27(3)16-10-17-28(4)18-13-24-39(8,46)25-23-32-31(7)37(47-35(44)21-11-19-33(40)41)29(5)30(6)38(32)48-36(45)22-12-20-34(42)43;1-11-16-33(38)41-35-29(7)30(8)36(42-34(39)17-12-2)32(31(35)9)23-25-37(10,40)24-15-22-28(6)21-14-20-27(5)19-13-18-26(3)4;1-11-31(36)39-33-27(7)28(8)34(40-32(37)12-2)30(29(33)9)21-23-35(10,38)22-15-20-26(6)19-14-18-25(5)17-13-16-24(3)4/h26-28,46H,9-25H2,1-8H3,(H,40,41)(H,42,43);26-28,40H,11-25H2,1-10H3;24-26,38H,11-23H2,1-10H3. The minimum Gasteiger partial charge on any atom is -0.481 e. The molecule has 0 aliphatic carbocycles. The number of carboxylic acid groups (broad SMARTS) is 2. The van der Waals surface area contributed by atoms with Gasteiger partial charge in [-0.15, -0.1) is 0 Å². The minimum absolute atomic E-state index is 0.0513. The number of benzene rings is 3. The summed E-state index contributed by atoms with van der Waals surface area (Å²) >= 11 is 0. The van der Waals surface area contributed by atoms with Crippen LogP contribution in [-0.2, 0) is 57.6 Å². The first-order chi connectivity index (χ1) is 60.9. The van der Waals surface area contributed by atoms with Crippen LogP contribution < -0.4 is 28.4 Å². The molecular formula is C111H188O19. The van der Waals surface area contributed by atoms with Crippen molar-refractivity contribution in [2.24, 2.45) is 53.3 Å². The van der Waals surface area contributed by atoms with E-state index in [1.54, 1.807) is 34.6 Å². The maximum absolute atomic E-state index is 12.7. The van der Waals surface area contributed by atoms with Crippen LogP contribution >= 0.6 is 0 Å². The maximum Gasteiger partial charge on any atom is 0.311 e. The zero-order valence-corrected chi connectivity index (χ0v) is 87.5. The summed E-state index contributed by atoms with van der Waals surface area (Å²) in [5.41, 5.74) is 6.35. The smallest absolute Gasteiger partial charge is 0.311 e. The highest BCUT2D eigenvalue weighted by molar-refractivity contribution is 5.80. The van der Waals surface area contributed by atoms with Gasteiger partial charge in [-0.1, -0.05) is 265 Å². The molecule has 0 fully saturated rings. The first-order valence-corrected chi connectivity index (χ1v) is 51.1. The molecule has 0 saturated carbocycles. The van der Waals surface area contributed by atoms with E-state index in [9.17, 15) is 53.7 Å². The van der Waals surface area contributed by atoms with Crippen LogP contribution in [0.3, 0.4) is 0 Å². The van der Waals surface area contributed by atoms with E-state index in [1.165, 1.54) is 116 Å². The molecule has 3 aromatic rings. The van der Waals surface area contributed by atoms with E-state index in [2.05, 4.69) is 83.1 Å². The lowest BCUT2D eigenvalue weighted by Gasteiger charge is -2.26. The summed E-state index contributed by atoms with van der Waals surface area (Å²) in [5.74, 6) is 5.38. The number of carbonyl (C=O) groups is 8. The summed E-state index contributed by atoms with van der Waals surface area (Å²) < 4.78 is 34.7. The molecule has 3 aromatic carbocycles. The highest BCUT2D eigenvalue weighted by atomic mass is 16.6. The van der Waals surface area contributed by atoms with Crippen molar-refractivity contribution in [3.05, 3.63) is 66.8 Å². The molecule has 0 bridgehead atoms. The molecule has 19 heteroatoms. The van der Waals surface area contributed by atoms with Crippen molar-refractivity contribution >= 4 is 47.8 Å². The quantitative estimate of drug-likeness (QED) is 0.0259. The molecule has 0 aliphatic heterocycles. The molecule has 130 heavy (non-hydrogen) atoms. The molecule has 0 aliphatic rings. The van der Waals surface area contributed by atoms with Gasteiger partial charge >= 0.3 is 47.8 Å². The predicted molar refractivity (Wildman–Crippen MR) is 530 cm³/mol.